The van der Waals surface area contributed by atoms with Gasteiger partial charge in [0.05, 0.1) is 33.7 Å². The van der Waals surface area contributed by atoms with Crippen LogP contribution in [0.5, 0.6) is 0 Å². The summed E-state index contributed by atoms with van der Waals surface area (Å²) in [6.07, 6.45) is -1.65. The molecule has 2 aliphatic rings. The Morgan fingerprint density at radius 1 is 1.12 bits per heavy atom. The molecule has 0 aliphatic carbocycles. The molecule has 206 valence electrons. The lowest BCUT2D eigenvalue weighted by Gasteiger charge is -2.41. The first-order valence-corrected chi connectivity index (χ1v) is 13.5. The van der Waals surface area contributed by atoms with Crippen molar-refractivity contribution in [1.29, 1.82) is 5.26 Å². The third-order valence-corrected chi connectivity index (χ3v) is 8.52. The van der Waals surface area contributed by atoms with Crippen molar-refractivity contribution >= 4 is 28.5 Å². The molecule has 1 saturated heterocycles. The molecule has 4 aromatic rings. The Kier molecular flexibility index (Phi) is 6.13. The first-order chi connectivity index (χ1) is 18.9. The average molecular weight is 566 g/mol. The maximum atomic E-state index is 13.1. The molecule has 1 unspecified atom stereocenters. The van der Waals surface area contributed by atoms with Crippen LogP contribution in [0, 0.1) is 23.7 Å². The number of aryl methyl sites for hydroxylation is 1. The Morgan fingerprint density at radius 3 is 2.52 bits per heavy atom. The fourth-order valence-corrected chi connectivity index (χ4v) is 5.95. The number of benzene rings is 2. The summed E-state index contributed by atoms with van der Waals surface area (Å²) in [5.41, 5.74) is 2.59. The van der Waals surface area contributed by atoms with Crippen molar-refractivity contribution < 1.29 is 17.9 Å². The number of imidazole rings is 1. The minimum absolute atomic E-state index is 0.320. The molecule has 40 heavy (non-hydrogen) atoms. The van der Waals surface area contributed by atoms with E-state index in [4.69, 9.17) is 16.3 Å². The lowest BCUT2D eigenvalue weighted by atomic mass is 9.79. The fraction of sp³-hybridized carbons (Fsp3) is 0.367. The van der Waals surface area contributed by atoms with Crippen LogP contribution in [0.2, 0.25) is 5.02 Å². The molecule has 0 saturated carbocycles. The smallest absolute Gasteiger partial charge is 0.361 e. The van der Waals surface area contributed by atoms with Gasteiger partial charge in [-0.25, -0.2) is 9.97 Å². The van der Waals surface area contributed by atoms with Gasteiger partial charge in [-0.1, -0.05) is 17.7 Å². The number of anilines is 1. The first kappa shape index (κ1) is 26.6. The van der Waals surface area contributed by atoms with Crippen molar-refractivity contribution in [2.75, 3.05) is 18.0 Å². The molecular formula is C30H27ClF3N5O. The summed E-state index contributed by atoms with van der Waals surface area (Å²) in [7, 11) is 0. The second kappa shape index (κ2) is 9.22. The monoisotopic (exact) mass is 565 g/mol. The molecule has 1 spiro atoms. The molecule has 2 aliphatic heterocycles. The van der Waals surface area contributed by atoms with E-state index in [1.807, 2.05) is 39.0 Å². The quantitative estimate of drug-likeness (QED) is 0.275. The van der Waals surface area contributed by atoms with Crippen LogP contribution in [0.4, 0.5) is 19.0 Å². The molecule has 10 heteroatoms. The van der Waals surface area contributed by atoms with Crippen molar-refractivity contribution in [2.24, 2.45) is 5.41 Å². The molecule has 2 aromatic heterocycles. The van der Waals surface area contributed by atoms with Gasteiger partial charge in [-0.2, -0.15) is 18.4 Å². The van der Waals surface area contributed by atoms with Gasteiger partial charge in [0.2, 0.25) is 0 Å². The van der Waals surface area contributed by atoms with Crippen molar-refractivity contribution in [3.05, 3.63) is 75.9 Å². The van der Waals surface area contributed by atoms with E-state index in [9.17, 15) is 18.4 Å². The number of rotatable bonds is 3. The summed E-state index contributed by atoms with van der Waals surface area (Å²) in [5, 5.41) is 10.5. The van der Waals surface area contributed by atoms with Gasteiger partial charge in [-0.05, 0) is 86.7 Å². The Labute approximate surface area is 234 Å². The molecule has 0 radical (unpaired) electrons. The van der Waals surface area contributed by atoms with Gasteiger partial charge in [0.15, 0.2) is 0 Å². The molecule has 1 N–H and O–H groups in total. The summed E-state index contributed by atoms with van der Waals surface area (Å²) >= 11 is 6.54. The molecule has 2 aromatic carbocycles. The van der Waals surface area contributed by atoms with E-state index in [1.54, 1.807) is 6.20 Å². The maximum absolute atomic E-state index is 13.1. The zero-order chi connectivity index (χ0) is 28.4. The lowest BCUT2D eigenvalue weighted by Crippen LogP contribution is -2.43. The minimum Gasteiger partial charge on any atom is -0.361 e. The fourth-order valence-electron chi connectivity index (χ4n) is 5.78. The zero-order valence-electron chi connectivity index (χ0n) is 22.2. The molecule has 0 bridgehead atoms. The number of hydrogen-bond donors (Lipinski definition) is 1. The van der Waals surface area contributed by atoms with Crippen LogP contribution in [-0.2, 0) is 16.5 Å². The second-order valence-electron chi connectivity index (χ2n) is 11.2. The number of ether oxygens (including phenoxy) is 1. The zero-order valence-corrected chi connectivity index (χ0v) is 23.0. The van der Waals surface area contributed by atoms with Crippen LogP contribution >= 0.6 is 11.6 Å². The topological polar surface area (TPSA) is 77.8 Å². The predicted octanol–water partition coefficient (Wildman–Crippen LogP) is 7.72. The van der Waals surface area contributed by atoms with Gasteiger partial charge in [0, 0.05) is 29.9 Å². The highest BCUT2D eigenvalue weighted by Crippen LogP contribution is 2.55. The van der Waals surface area contributed by atoms with Gasteiger partial charge in [-0.3, -0.25) is 0 Å². The summed E-state index contributed by atoms with van der Waals surface area (Å²) in [6.45, 7) is 7.17. The third-order valence-electron chi connectivity index (χ3n) is 8.12. The first-order valence-electron chi connectivity index (χ1n) is 13.1. The number of pyridine rings is 1. The van der Waals surface area contributed by atoms with Gasteiger partial charge in [0.1, 0.15) is 17.7 Å². The summed E-state index contributed by atoms with van der Waals surface area (Å²) in [6, 6.07) is 13.7. The molecule has 1 fully saturated rings. The molecule has 1 atom stereocenters. The van der Waals surface area contributed by atoms with Crippen molar-refractivity contribution in [1.82, 2.24) is 15.0 Å². The number of piperidine rings is 1. The Morgan fingerprint density at radius 2 is 1.88 bits per heavy atom. The number of aromatic nitrogens is 3. The molecule has 6 nitrogen and oxygen atoms in total. The Hall–Kier alpha value is -3.61. The number of nitrogens with one attached hydrogen (secondary N) is 1. The van der Waals surface area contributed by atoms with Gasteiger partial charge in [0.25, 0.3) is 0 Å². The maximum Gasteiger partial charge on any atom is 0.416 e. The van der Waals surface area contributed by atoms with Crippen LogP contribution in [0.1, 0.15) is 55.0 Å². The highest BCUT2D eigenvalue weighted by molar-refractivity contribution is 6.31. The third kappa shape index (κ3) is 4.40. The van der Waals surface area contributed by atoms with E-state index >= 15 is 0 Å². The number of H-pyrrole nitrogens is 1. The summed E-state index contributed by atoms with van der Waals surface area (Å²) < 4.78 is 46.0. The number of hydrogen-bond acceptors (Lipinski definition) is 5. The number of nitrogens with zero attached hydrogens (tertiary/aromatic N) is 4. The Bertz CT molecular complexity index is 1650. The highest BCUT2D eigenvalue weighted by Gasteiger charge is 2.51. The lowest BCUT2D eigenvalue weighted by molar-refractivity contribution is -0.137. The van der Waals surface area contributed by atoms with Crippen molar-refractivity contribution in [3.8, 4) is 17.5 Å². The van der Waals surface area contributed by atoms with E-state index in [1.165, 1.54) is 6.07 Å². The van der Waals surface area contributed by atoms with Crippen molar-refractivity contribution in [2.45, 2.75) is 51.5 Å². The van der Waals surface area contributed by atoms with E-state index in [-0.39, 0.29) is 6.10 Å². The standard InChI is InChI=1S/C30H27ClF3N5O/c1-17-12-20-21(14-22(17)31)29(40-26(20)28(2,3)16-35)8-10-39(11-9-29)25-7-4-18(15-36-25)27-37-23-6-5-19(30(32,33)34)13-24(23)38-27/h4-7,12-15,26H,8-11H2,1-3H3,(H,37,38). The van der Waals surface area contributed by atoms with Crippen LogP contribution in [0.3, 0.4) is 0 Å². The second-order valence-corrected chi connectivity index (χ2v) is 11.6. The highest BCUT2D eigenvalue weighted by atomic mass is 35.5. The summed E-state index contributed by atoms with van der Waals surface area (Å²) in [5.74, 6) is 1.25. The molecule has 0 amide bonds. The van der Waals surface area contributed by atoms with Crippen LogP contribution in [0.15, 0.2) is 48.7 Å². The van der Waals surface area contributed by atoms with Gasteiger partial charge in [-0.15, -0.1) is 0 Å². The largest absolute Gasteiger partial charge is 0.416 e. The van der Waals surface area contributed by atoms with Gasteiger partial charge < -0.3 is 14.6 Å². The average Bonchev–Trinajstić information content (AvgIpc) is 3.49. The van der Waals surface area contributed by atoms with E-state index in [0.29, 0.717) is 53.4 Å². The number of alkyl halides is 3. The van der Waals surface area contributed by atoms with Crippen molar-refractivity contribution in [3.63, 3.8) is 0 Å². The molecular weight excluding hydrogens is 539 g/mol. The van der Waals surface area contributed by atoms with Crippen LogP contribution < -0.4 is 4.90 Å². The number of fused-ring (bicyclic) bond motifs is 3. The Balaban J connectivity index is 1.22. The van der Waals surface area contributed by atoms with Crippen LogP contribution in [0.25, 0.3) is 22.4 Å². The number of nitriles is 1. The van der Waals surface area contributed by atoms with Gasteiger partial charge >= 0.3 is 6.18 Å². The normalized spacial score (nSPS) is 18.8. The van der Waals surface area contributed by atoms with E-state index in [0.717, 1.165) is 34.6 Å². The van der Waals surface area contributed by atoms with E-state index in [2.05, 4.69) is 32.0 Å². The number of aromatic amines is 1. The SMILES string of the molecule is Cc1cc2c(cc1Cl)C1(CCN(c3ccc(-c4nc5ccc(C(F)(F)F)cc5[nH]4)cn3)CC1)OC2C(C)(C)C#N. The summed E-state index contributed by atoms with van der Waals surface area (Å²) in [4.78, 5) is 14.2. The van der Waals surface area contributed by atoms with Crippen LogP contribution in [-0.4, -0.2) is 28.0 Å². The molecule has 4 heterocycles. The number of halogens is 4. The predicted molar refractivity (Wildman–Crippen MR) is 147 cm³/mol. The molecule has 6 rings (SSSR count). The minimum atomic E-state index is -4.42. The van der Waals surface area contributed by atoms with E-state index < -0.39 is 22.8 Å².